The van der Waals surface area contributed by atoms with E-state index >= 15 is 0 Å². The number of hydrogen-bond donors (Lipinski definition) is 1. The fourth-order valence-corrected chi connectivity index (χ4v) is 3.24. The van der Waals surface area contributed by atoms with Crippen molar-refractivity contribution in [3.8, 4) is 0 Å². The van der Waals surface area contributed by atoms with Crippen molar-refractivity contribution >= 4 is 33.3 Å². The van der Waals surface area contributed by atoms with Crippen LogP contribution < -0.4 is 10.0 Å². The predicted octanol–water partition coefficient (Wildman–Crippen LogP) is 0.857. The average Bonchev–Trinajstić information content (AvgIpc) is 2.43. The lowest BCUT2D eigenvalue weighted by atomic mass is 10.4. The van der Waals surface area contributed by atoms with E-state index in [2.05, 4.69) is 4.98 Å². The van der Waals surface area contributed by atoms with Gasteiger partial charge in [0.05, 0.1) is 5.75 Å². The van der Waals surface area contributed by atoms with Gasteiger partial charge in [-0.2, -0.15) is 0 Å². The molecule has 0 amide bonds. The SMILES string of the molecule is Nc1cc(Cl)cc(N2CCCS2(=O)=O)n1. The molecule has 0 radical (unpaired) electrons. The molecule has 1 fully saturated rings. The van der Waals surface area contributed by atoms with Gasteiger partial charge < -0.3 is 5.73 Å². The van der Waals surface area contributed by atoms with Gasteiger partial charge in [0, 0.05) is 17.6 Å². The van der Waals surface area contributed by atoms with E-state index in [0.29, 0.717) is 23.8 Å². The summed E-state index contributed by atoms with van der Waals surface area (Å²) < 4.78 is 24.4. The summed E-state index contributed by atoms with van der Waals surface area (Å²) in [7, 11) is -3.22. The number of aromatic nitrogens is 1. The minimum absolute atomic E-state index is 0.154. The monoisotopic (exact) mass is 247 g/mol. The maximum Gasteiger partial charge on any atom is 0.236 e. The number of nitrogen functional groups attached to an aromatic ring is 1. The summed E-state index contributed by atoms with van der Waals surface area (Å²) in [6.07, 6.45) is 0.608. The molecule has 0 aliphatic carbocycles. The first kappa shape index (κ1) is 10.5. The minimum atomic E-state index is -3.22. The Bertz CT molecular complexity index is 468. The molecular formula is C8H10ClN3O2S. The van der Waals surface area contributed by atoms with Crippen LogP contribution in [-0.2, 0) is 10.0 Å². The molecular weight excluding hydrogens is 238 g/mol. The van der Waals surface area contributed by atoms with Crippen molar-refractivity contribution in [3.63, 3.8) is 0 Å². The Kier molecular flexibility index (Phi) is 2.47. The number of halogens is 1. The molecule has 0 unspecified atom stereocenters. The molecule has 2 heterocycles. The molecule has 1 saturated heterocycles. The standard InChI is InChI=1S/C8H10ClN3O2S/c9-6-4-7(10)11-8(5-6)12-2-1-3-15(12,13)14/h4-5H,1-3H2,(H2,10,11). The topological polar surface area (TPSA) is 76.3 Å². The smallest absolute Gasteiger partial charge is 0.236 e. The maximum atomic E-state index is 11.6. The Morgan fingerprint density at radius 2 is 2.20 bits per heavy atom. The van der Waals surface area contributed by atoms with Crippen LogP contribution in [0.25, 0.3) is 0 Å². The predicted molar refractivity (Wildman–Crippen MR) is 59.4 cm³/mol. The summed E-state index contributed by atoms with van der Waals surface area (Å²) >= 11 is 5.78. The number of sulfonamides is 1. The lowest BCUT2D eigenvalue weighted by Crippen LogP contribution is -2.26. The molecule has 0 bridgehead atoms. The zero-order valence-electron chi connectivity index (χ0n) is 7.85. The van der Waals surface area contributed by atoms with Crippen molar-refractivity contribution in [2.45, 2.75) is 6.42 Å². The van der Waals surface area contributed by atoms with Gasteiger partial charge in [0.25, 0.3) is 0 Å². The highest BCUT2D eigenvalue weighted by Crippen LogP contribution is 2.25. The molecule has 2 N–H and O–H groups in total. The highest BCUT2D eigenvalue weighted by Gasteiger charge is 2.29. The van der Waals surface area contributed by atoms with Crippen LogP contribution in [0, 0.1) is 0 Å². The third-order valence-corrected chi connectivity index (χ3v) is 4.22. The fourth-order valence-electron chi connectivity index (χ4n) is 1.53. The molecule has 2 rings (SSSR count). The van der Waals surface area contributed by atoms with Crippen LogP contribution in [0.1, 0.15) is 6.42 Å². The van der Waals surface area contributed by atoms with Gasteiger partial charge in [0.2, 0.25) is 10.0 Å². The second-order valence-electron chi connectivity index (χ2n) is 3.31. The van der Waals surface area contributed by atoms with Crippen molar-refractivity contribution in [2.75, 3.05) is 22.3 Å². The van der Waals surface area contributed by atoms with Gasteiger partial charge in [-0.1, -0.05) is 11.6 Å². The Morgan fingerprint density at radius 3 is 2.73 bits per heavy atom. The largest absolute Gasteiger partial charge is 0.384 e. The highest BCUT2D eigenvalue weighted by molar-refractivity contribution is 7.93. The number of pyridine rings is 1. The fraction of sp³-hybridized carbons (Fsp3) is 0.375. The van der Waals surface area contributed by atoms with E-state index in [9.17, 15) is 8.42 Å². The zero-order chi connectivity index (χ0) is 11.1. The summed E-state index contributed by atoms with van der Waals surface area (Å²) in [5.74, 6) is 0.679. The van der Waals surface area contributed by atoms with E-state index in [1.807, 2.05) is 0 Å². The Morgan fingerprint density at radius 1 is 1.47 bits per heavy atom. The first-order valence-corrected chi connectivity index (χ1v) is 6.41. The minimum Gasteiger partial charge on any atom is -0.384 e. The van der Waals surface area contributed by atoms with Crippen LogP contribution >= 0.6 is 11.6 Å². The third kappa shape index (κ3) is 2.00. The Hall–Kier alpha value is -1.01. The number of nitrogens with two attached hydrogens (primary N) is 1. The number of nitrogens with zero attached hydrogens (tertiary/aromatic N) is 2. The Balaban J connectivity index is 2.46. The van der Waals surface area contributed by atoms with Gasteiger partial charge in [-0.3, -0.25) is 4.31 Å². The summed E-state index contributed by atoms with van der Waals surface area (Å²) in [5, 5.41) is 0.389. The maximum absolute atomic E-state index is 11.6. The summed E-state index contributed by atoms with van der Waals surface area (Å²) in [6.45, 7) is 0.440. The average molecular weight is 248 g/mol. The third-order valence-electron chi connectivity index (χ3n) is 2.15. The second kappa shape index (κ2) is 3.53. The molecule has 1 aromatic rings. The molecule has 82 valence electrons. The summed E-state index contributed by atoms with van der Waals surface area (Å²) in [6, 6.07) is 2.98. The van der Waals surface area contributed by atoms with E-state index in [1.54, 1.807) is 0 Å². The zero-order valence-corrected chi connectivity index (χ0v) is 9.42. The van der Waals surface area contributed by atoms with Crippen molar-refractivity contribution in [1.29, 1.82) is 0 Å². The number of hydrogen-bond acceptors (Lipinski definition) is 4. The van der Waals surface area contributed by atoms with Gasteiger partial charge in [-0.15, -0.1) is 0 Å². The van der Waals surface area contributed by atoms with Crippen LogP contribution in [0.2, 0.25) is 5.02 Å². The second-order valence-corrected chi connectivity index (χ2v) is 5.76. The van der Waals surface area contributed by atoms with Crippen LogP contribution in [0.4, 0.5) is 11.6 Å². The lowest BCUT2D eigenvalue weighted by molar-refractivity contribution is 0.599. The first-order chi connectivity index (χ1) is 6.99. The van der Waals surface area contributed by atoms with Crippen molar-refractivity contribution in [1.82, 2.24) is 4.98 Å². The van der Waals surface area contributed by atoms with Crippen LogP contribution in [0.3, 0.4) is 0 Å². The van der Waals surface area contributed by atoms with Crippen LogP contribution in [0.15, 0.2) is 12.1 Å². The molecule has 7 heteroatoms. The number of anilines is 2. The van der Waals surface area contributed by atoms with Gasteiger partial charge in [-0.05, 0) is 12.5 Å². The molecule has 0 aromatic carbocycles. The molecule has 0 atom stereocenters. The van der Waals surface area contributed by atoms with Crippen molar-refractivity contribution in [3.05, 3.63) is 17.2 Å². The summed E-state index contributed by atoms with van der Waals surface area (Å²) in [4.78, 5) is 3.95. The van der Waals surface area contributed by atoms with E-state index < -0.39 is 10.0 Å². The molecule has 5 nitrogen and oxygen atoms in total. The highest BCUT2D eigenvalue weighted by atomic mass is 35.5. The molecule has 15 heavy (non-hydrogen) atoms. The van der Waals surface area contributed by atoms with Gasteiger partial charge in [0.15, 0.2) is 0 Å². The van der Waals surface area contributed by atoms with Gasteiger partial charge in [0.1, 0.15) is 11.6 Å². The first-order valence-electron chi connectivity index (χ1n) is 4.42. The number of rotatable bonds is 1. The van der Waals surface area contributed by atoms with E-state index in [0.717, 1.165) is 0 Å². The lowest BCUT2D eigenvalue weighted by Gasteiger charge is -2.15. The Labute approximate surface area is 92.9 Å². The van der Waals surface area contributed by atoms with Crippen LogP contribution in [-0.4, -0.2) is 25.7 Å². The van der Waals surface area contributed by atoms with Crippen LogP contribution in [0.5, 0.6) is 0 Å². The van der Waals surface area contributed by atoms with E-state index in [-0.39, 0.29) is 11.6 Å². The van der Waals surface area contributed by atoms with Crippen molar-refractivity contribution in [2.24, 2.45) is 0 Å². The molecule has 1 aromatic heterocycles. The van der Waals surface area contributed by atoms with Gasteiger partial charge >= 0.3 is 0 Å². The van der Waals surface area contributed by atoms with Gasteiger partial charge in [-0.25, -0.2) is 13.4 Å². The molecule has 0 spiro atoms. The molecule has 1 aliphatic heterocycles. The van der Waals surface area contributed by atoms with Crippen molar-refractivity contribution < 1.29 is 8.42 Å². The van der Waals surface area contributed by atoms with E-state index in [4.69, 9.17) is 17.3 Å². The quantitative estimate of drug-likeness (QED) is 0.799. The summed E-state index contributed by atoms with van der Waals surface area (Å²) in [5.41, 5.74) is 5.50. The van der Waals surface area contributed by atoms with E-state index in [1.165, 1.54) is 16.4 Å². The molecule has 1 aliphatic rings. The molecule has 0 saturated carbocycles. The normalized spacial score (nSPS) is 19.4.